The SMILES string of the molecule is O=C(O)C(F)(F)Oc1ccc(Oc2ccccc2)cc1. The van der Waals surface area contributed by atoms with Crippen LogP contribution in [0.3, 0.4) is 0 Å². The topological polar surface area (TPSA) is 55.8 Å². The molecule has 2 aromatic rings. The molecule has 0 aromatic heterocycles. The van der Waals surface area contributed by atoms with E-state index in [1.54, 1.807) is 24.3 Å². The molecule has 2 aromatic carbocycles. The highest BCUT2D eigenvalue weighted by molar-refractivity contribution is 5.73. The molecule has 0 amide bonds. The lowest BCUT2D eigenvalue weighted by molar-refractivity contribution is -0.210. The fraction of sp³-hybridized carbons (Fsp3) is 0.0714. The monoisotopic (exact) mass is 280 g/mol. The maximum Gasteiger partial charge on any atom is 0.501 e. The Morgan fingerprint density at radius 1 is 0.900 bits per heavy atom. The van der Waals surface area contributed by atoms with Crippen LogP contribution in [-0.4, -0.2) is 17.2 Å². The van der Waals surface area contributed by atoms with Gasteiger partial charge in [-0.15, -0.1) is 0 Å². The zero-order chi connectivity index (χ0) is 14.6. The van der Waals surface area contributed by atoms with Gasteiger partial charge >= 0.3 is 12.1 Å². The van der Waals surface area contributed by atoms with Crippen molar-refractivity contribution < 1.29 is 28.2 Å². The van der Waals surface area contributed by atoms with E-state index in [4.69, 9.17) is 9.84 Å². The van der Waals surface area contributed by atoms with E-state index in [0.717, 1.165) is 0 Å². The quantitative estimate of drug-likeness (QED) is 0.910. The van der Waals surface area contributed by atoms with Crippen molar-refractivity contribution in [3.05, 3.63) is 54.6 Å². The summed E-state index contributed by atoms with van der Waals surface area (Å²) in [6, 6.07) is 14.1. The molecule has 0 bridgehead atoms. The van der Waals surface area contributed by atoms with Crippen LogP contribution in [0.15, 0.2) is 54.6 Å². The van der Waals surface area contributed by atoms with Crippen LogP contribution >= 0.6 is 0 Å². The summed E-state index contributed by atoms with van der Waals surface area (Å²) in [4.78, 5) is 10.2. The summed E-state index contributed by atoms with van der Waals surface area (Å²) in [5.41, 5.74) is 0. The average Bonchev–Trinajstić information content (AvgIpc) is 2.42. The summed E-state index contributed by atoms with van der Waals surface area (Å²) in [5, 5.41) is 8.25. The molecule has 2 rings (SSSR count). The number of carboxylic acid groups (broad SMARTS) is 1. The van der Waals surface area contributed by atoms with Crippen LogP contribution in [-0.2, 0) is 4.79 Å². The molecule has 104 valence electrons. The Bertz CT molecular complexity index is 582. The second kappa shape index (κ2) is 5.56. The van der Waals surface area contributed by atoms with E-state index >= 15 is 0 Å². The van der Waals surface area contributed by atoms with Gasteiger partial charge in [0.25, 0.3) is 0 Å². The van der Waals surface area contributed by atoms with Crippen LogP contribution in [0.2, 0.25) is 0 Å². The van der Waals surface area contributed by atoms with E-state index < -0.39 is 12.1 Å². The lowest BCUT2D eigenvalue weighted by Crippen LogP contribution is -2.34. The van der Waals surface area contributed by atoms with Gasteiger partial charge in [-0.1, -0.05) is 18.2 Å². The molecule has 20 heavy (non-hydrogen) atoms. The normalized spacial score (nSPS) is 10.9. The van der Waals surface area contributed by atoms with Crippen LogP contribution in [0.5, 0.6) is 17.2 Å². The Morgan fingerprint density at radius 2 is 1.40 bits per heavy atom. The van der Waals surface area contributed by atoms with E-state index in [1.807, 2.05) is 6.07 Å². The Balaban J connectivity index is 2.05. The van der Waals surface area contributed by atoms with Crippen molar-refractivity contribution >= 4 is 5.97 Å². The number of hydrogen-bond donors (Lipinski definition) is 1. The number of hydrogen-bond acceptors (Lipinski definition) is 3. The summed E-state index contributed by atoms with van der Waals surface area (Å²) in [5.74, 6) is -1.60. The largest absolute Gasteiger partial charge is 0.501 e. The van der Waals surface area contributed by atoms with Crippen molar-refractivity contribution in [1.29, 1.82) is 0 Å². The van der Waals surface area contributed by atoms with Gasteiger partial charge in [-0.05, 0) is 36.4 Å². The highest BCUT2D eigenvalue weighted by Crippen LogP contribution is 2.26. The van der Waals surface area contributed by atoms with Crippen LogP contribution in [0, 0.1) is 0 Å². The predicted octanol–water partition coefficient (Wildman–Crippen LogP) is 3.54. The van der Waals surface area contributed by atoms with Crippen molar-refractivity contribution in [3.8, 4) is 17.2 Å². The number of carboxylic acids is 1. The number of rotatable bonds is 5. The lowest BCUT2D eigenvalue weighted by Gasteiger charge is -2.13. The van der Waals surface area contributed by atoms with Crippen LogP contribution in [0.1, 0.15) is 0 Å². The molecule has 0 fully saturated rings. The molecule has 0 atom stereocenters. The maximum absolute atomic E-state index is 12.8. The molecule has 0 spiro atoms. The molecule has 0 aliphatic heterocycles. The van der Waals surface area contributed by atoms with Gasteiger partial charge in [0.05, 0.1) is 0 Å². The van der Waals surface area contributed by atoms with E-state index in [1.165, 1.54) is 24.3 Å². The van der Waals surface area contributed by atoms with Crippen molar-refractivity contribution in [2.75, 3.05) is 0 Å². The summed E-state index contributed by atoms with van der Waals surface area (Å²) < 4.78 is 35.2. The minimum Gasteiger partial charge on any atom is -0.474 e. The van der Waals surface area contributed by atoms with Crippen molar-refractivity contribution in [1.82, 2.24) is 0 Å². The minimum atomic E-state index is -4.26. The minimum absolute atomic E-state index is 0.266. The van der Waals surface area contributed by atoms with Crippen molar-refractivity contribution in [2.24, 2.45) is 0 Å². The molecule has 4 nitrogen and oxygen atoms in total. The number of aliphatic carboxylic acids is 1. The second-order valence-electron chi connectivity index (χ2n) is 3.81. The Hall–Kier alpha value is -2.63. The van der Waals surface area contributed by atoms with Crippen LogP contribution in [0.25, 0.3) is 0 Å². The molecular weight excluding hydrogens is 270 g/mol. The predicted molar refractivity (Wildman–Crippen MR) is 66.2 cm³/mol. The first-order valence-corrected chi connectivity index (χ1v) is 5.60. The van der Waals surface area contributed by atoms with Gasteiger partial charge in [0, 0.05) is 0 Å². The second-order valence-corrected chi connectivity index (χ2v) is 3.81. The van der Waals surface area contributed by atoms with Gasteiger partial charge in [-0.25, -0.2) is 4.79 Å². The molecule has 0 radical (unpaired) electrons. The smallest absolute Gasteiger partial charge is 0.474 e. The molecule has 0 aliphatic rings. The van der Waals surface area contributed by atoms with E-state index in [9.17, 15) is 13.6 Å². The molecule has 0 unspecified atom stereocenters. The third-order valence-electron chi connectivity index (χ3n) is 2.30. The standard InChI is InChI=1S/C14H10F2O4/c15-14(16,13(17)18)20-12-8-6-11(7-9-12)19-10-4-2-1-3-5-10/h1-9H,(H,17,18). The summed E-state index contributed by atoms with van der Waals surface area (Å²) >= 11 is 0. The van der Waals surface area contributed by atoms with Crippen molar-refractivity contribution in [2.45, 2.75) is 6.11 Å². The number of alkyl halides is 2. The first kappa shape index (κ1) is 13.8. The van der Waals surface area contributed by atoms with E-state index in [2.05, 4.69) is 4.74 Å². The van der Waals surface area contributed by atoms with Gasteiger partial charge in [0.1, 0.15) is 17.2 Å². The van der Waals surface area contributed by atoms with Crippen molar-refractivity contribution in [3.63, 3.8) is 0 Å². The van der Waals surface area contributed by atoms with E-state index in [-0.39, 0.29) is 5.75 Å². The zero-order valence-corrected chi connectivity index (χ0v) is 10.1. The van der Waals surface area contributed by atoms with E-state index in [0.29, 0.717) is 11.5 Å². The van der Waals surface area contributed by atoms with Crippen LogP contribution in [0.4, 0.5) is 8.78 Å². The fourth-order valence-corrected chi connectivity index (χ4v) is 1.39. The number of carbonyl (C=O) groups is 1. The third-order valence-corrected chi connectivity index (χ3v) is 2.30. The molecule has 6 heteroatoms. The summed E-state index contributed by atoms with van der Waals surface area (Å²) in [6.45, 7) is 0. The Kier molecular flexibility index (Phi) is 3.84. The molecule has 1 N–H and O–H groups in total. The Labute approximate surface area is 113 Å². The summed E-state index contributed by atoms with van der Waals surface area (Å²) in [7, 11) is 0. The van der Waals surface area contributed by atoms with Gasteiger partial charge in [-0.2, -0.15) is 8.78 Å². The molecular formula is C14H10F2O4. The Morgan fingerprint density at radius 3 is 1.95 bits per heavy atom. The zero-order valence-electron chi connectivity index (χ0n) is 10.1. The third kappa shape index (κ3) is 3.44. The number of halogens is 2. The first-order chi connectivity index (χ1) is 9.47. The lowest BCUT2D eigenvalue weighted by atomic mass is 10.3. The number of benzene rings is 2. The number of para-hydroxylation sites is 1. The molecule has 0 heterocycles. The maximum atomic E-state index is 12.8. The molecule has 0 saturated heterocycles. The number of ether oxygens (including phenoxy) is 2. The van der Waals surface area contributed by atoms with Gasteiger partial charge in [0.15, 0.2) is 0 Å². The van der Waals surface area contributed by atoms with Gasteiger partial charge in [-0.3, -0.25) is 0 Å². The van der Waals surface area contributed by atoms with Gasteiger partial charge in [0.2, 0.25) is 0 Å². The fourth-order valence-electron chi connectivity index (χ4n) is 1.39. The highest BCUT2D eigenvalue weighted by Gasteiger charge is 2.42. The molecule has 0 aliphatic carbocycles. The summed E-state index contributed by atoms with van der Waals surface area (Å²) in [6.07, 6.45) is -4.26. The first-order valence-electron chi connectivity index (χ1n) is 5.60. The van der Waals surface area contributed by atoms with Crippen LogP contribution < -0.4 is 9.47 Å². The van der Waals surface area contributed by atoms with Gasteiger partial charge < -0.3 is 14.6 Å². The molecule has 0 saturated carbocycles. The highest BCUT2D eigenvalue weighted by atomic mass is 19.3. The average molecular weight is 280 g/mol.